The first-order valence-electron chi connectivity index (χ1n) is 8.68. The number of nitrogens with zero attached hydrogens (tertiary/aromatic N) is 5. The zero-order valence-electron chi connectivity index (χ0n) is 15.9. The second-order valence-electron chi connectivity index (χ2n) is 7.00. The van der Waals surface area contributed by atoms with Crippen LogP contribution in [0.5, 0.6) is 0 Å². The molecule has 8 heteroatoms. The van der Waals surface area contributed by atoms with Gasteiger partial charge in [-0.25, -0.2) is 14.3 Å². The third-order valence-electron chi connectivity index (χ3n) is 4.46. The standard InChI is InChI=1S/C19H23N7O/c1-11-12(2)25-26-16(20)15(21-5)17(24-18(11)26)22-10-9-13-7-6-8-14(23-13)19(3,4)27/h6-8,27H,9-10,20H2,1-4H3,(H,22,24). The highest BCUT2D eigenvalue weighted by atomic mass is 16.3. The van der Waals surface area contributed by atoms with Gasteiger partial charge in [0, 0.05) is 24.2 Å². The van der Waals surface area contributed by atoms with E-state index in [9.17, 15) is 5.11 Å². The fraction of sp³-hybridized carbons (Fsp3) is 0.368. The lowest BCUT2D eigenvalue weighted by Gasteiger charge is -2.17. The van der Waals surface area contributed by atoms with Crippen molar-refractivity contribution in [1.29, 1.82) is 0 Å². The smallest absolute Gasteiger partial charge is 0.268 e. The van der Waals surface area contributed by atoms with Crippen LogP contribution in [0, 0.1) is 20.4 Å². The van der Waals surface area contributed by atoms with E-state index in [0.717, 1.165) is 17.0 Å². The first-order valence-corrected chi connectivity index (χ1v) is 8.68. The van der Waals surface area contributed by atoms with Gasteiger partial charge in [-0.2, -0.15) is 5.10 Å². The molecule has 3 heterocycles. The van der Waals surface area contributed by atoms with Gasteiger partial charge in [-0.05, 0) is 39.8 Å². The topological polar surface area (TPSA) is 106 Å². The predicted octanol–water partition coefficient (Wildman–Crippen LogP) is 2.76. The monoisotopic (exact) mass is 365 g/mol. The molecule has 4 N–H and O–H groups in total. The summed E-state index contributed by atoms with van der Waals surface area (Å²) in [5.41, 5.74) is 9.26. The second kappa shape index (κ2) is 6.85. The van der Waals surface area contributed by atoms with E-state index in [1.807, 2.05) is 26.0 Å². The first-order chi connectivity index (χ1) is 12.7. The Bertz CT molecular complexity index is 1040. The van der Waals surface area contributed by atoms with Gasteiger partial charge in [0.15, 0.2) is 5.65 Å². The van der Waals surface area contributed by atoms with E-state index in [1.54, 1.807) is 19.9 Å². The van der Waals surface area contributed by atoms with Crippen LogP contribution in [0.4, 0.5) is 17.3 Å². The number of anilines is 2. The SMILES string of the molecule is [C-]#[N+]c1c(NCCc2cccc(C(C)(C)O)n2)nc2c(C)c(C)nn2c1N. The molecule has 0 saturated carbocycles. The zero-order chi connectivity index (χ0) is 19.8. The lowest BCUT2D eigenvalue weighted by Crippen LogP contribution is -2.18. The van der Waals surface area contributed by atoms with E-state index in [1.165, 1.54) is 4.52 Å². The van der Waals surface area contributed by atoms with Crippen molar-refractivity contribution in [2.45, 2.75) is 39.7 Å². The quantitative estimate of drug-likeness (QED) is 0.600. The molecule has 3 aromatic rings. The maximum Gasteiger partial charge on any atom is 0.268 e. The Balaban J connectivity index is 1.83. The van der Waals surface area contributed by atoms with Crippen LogP contribution >= 0.6 is 0 Å². The Labute approximate surface area is 157 Å². The molecule has 0 amide bonds. The van der Waals surface area contributed by atoms with Crippen LogP contribution < -0.4 is 11.1 Å². The molecule has 0 fully saturated rings. The van der Waals surface area contributed by atoms with Crippen LogP contribution in [-0.4, -0.2) is 31.2 Å². The number of nitrogens with two attached hydrogens (primary N) is 1. The number of nitrogens with one attached hydrogen (secondary N) is 1. The third kappa shape index (κ3) is 3.55. The van der Waals surface area contributed by atoms with Gasteiger partial charge < -0.3 is 16.2 Å². The van der Waals surface area contributed by atoms with E-state index in [0.29, 0.717) is 30.1 Å². The highest BCUT2D eigenvalue weighted by Crippen LogP contribution is 2.32. The van der Waals surface area contributed by atoms with Gasteiger partial charge >= 0.3 is 0 Å². The molecular formula is C19H23N7O. The molecule has 0 bridgehead atoms. The summed E-state index contributed by atoms with van der Waals surface area (Å²) in [4.78, 5) is 12.6. The molecule has 3 aromatic heterocycles. The third-order valence-corrected chi connectivity index (χ3v) is 4.46. The van der Waals surface area contributed by atoms with Crippen molar-refractivity contribution in [3.8, 4) is 0 Å². The number of nitrogen functional groups attached to an aromatic ring is 1. The highest BCUT2D eigenvalue weighted by molar-refractivity contribution is 5.80. The lowest BCUT2D eigenvalue weighted by molar-refractivity contribution is 0.0736. The molecule has 0 aliphatic rings. The number of hydrogen-bond donors (Lipinski definition) is 3. The van der Waals surface area contributed by atoms with E-state index in [2.05, 4.69) is 25.2 Å². The summed E-state index contributed by atoms with van der Waals surface area (Å²) in [6, 6.07) is 5.58. The predicted molar refractivity (Wildman–Crippen MR) is 105 cm³/mol. The van der Waals surface area contributed by atoms with Gasteiger partial charge in [-0.1, -0.05) is 6.07 Å². The minimum absolute atomic E-state index is 0.253. The Morgan fingerprint density at radius 3 is 2.70 bits per heavy atom. The molecular weight excluding hydrogens is 342 g/mol. The molecule has 3 rings (SSSR count). The number of rotatable bonds is 5. The summed E-state index contributed by atoms with van der Waals surface area (Å²) in [6.07, 6.45) is 0.616. The first kappa shape index (κ1) is 18.6. The zero-order valence-corrected chi connectivity index (χ0v) is 15.9. The molecule has 0 atom stereocenters. The maximum atomic E-state index is 10.1. The molecule has 140 valence electrons. The number of fused-ring (bicyclic) bond motifs is 1. The van der Waals surface area contributed by atoms with Gasteiger partial charge in [-0.15, -0.1) is 0 Å². The van der Waals surface area contributed by atoms with Crippen molar-refractivity contribution in [2.75, 3.05) is 17.6 Å². The van der Waals surface area contributed by atoms with Crippen molar-refractivity contribution in [2.24, 2.45) is 0 Å². The molecule has 0 aliphatic carbocycles. The summed E-state index contributed by atoms with van der Waals surface area (Å²) in [5.74, 6) is 0.715. The average Bonchev–Trinajstić information content (AvgIpc) is 2.90. The average molecular weight is 365 g/mol. The van der Waals surface area contributed by atoms with Crippen molar-refractivity contribution in [3.05, 3.63) is 52.3 Å². The molecule has 0 saturated heterocycles. The van der Waals surface area contributed by atoms with E-state index >= 15 is 0 Å². The van der Waals surface area contributed by atoms with Crippen molar-refractivity contribution in [1.82, 2.24) is 19.6 Å². The summed E-state index contributed by atoms with van der Waals surface area (Å²) in [6.45, 7) is 15.2. The Kier molecular flexibility index (Phi) is 4.72. The van der Waals surface area contributed by atoms with E-state index in [-0.39, 0.29) is 11.5 Å². The molecule has 8 nitrogen and oxygen atoms in total. The largest absolute Gasteiger partial charge is 0.392 e. The number of aliphatic hydroxyl groups is 1. The van der Waals surface area contributed by atoms with Crippen molar-refractivity contribution in [3.63, 3.8) is 0 Å². The van der Waals surface area contributed by atoms with Crippen LogP contribution in [0.3, 0.4) is 0 Å². The Morgan fingerprint density at radius 1 is 1.30 bits per heavy atom. The summed E-state index contributed by atoms with van der Waals surface area (Å²) < 4.78 is 1.51. The van der Waals surface area contributed by atoms with Gasteiger partial charge in [-0.3, -0.25) is 4.98 Å². The van der Waals surface area contributed by atoms with E-state index in [4.69, 9.17) is 12.3 Å². The summed E-state index contributed by atoms with van der Waals surface area (Å²) in [7, 11) is 0. The fourth-order valence-corrected chi connectivity index (χ4v) is 2.77. The summed E-state index contributed by atoms with van der Waals surface area (Å²) in [5, 5.41) is 17.6. The van der Waals surface area contributed by atoms with Gasteiger partial charge in [0.2, 0.25) is 0 Å². The molecule has 0 aromatic carbocycles. The van der Waals surface area contributed by atoms with Crippen LogP contribution in [0.25, 0.3) is 10.5 Å². The number of aryl methyl sites for hydroxylation is 2. The van der Waals surface area contributed by atoms with Crippen molar-refractivity contribution >= 4 is 23.0 Å². The Hall–Kier alpha value is -3.18. The lowest BCUT2D eigenvalue weighted by atomic mass is 10.0. The van der Waals surface area contributed by atoms with Gasteiger partial charge in [0.25, 0.3) is 5.69 Å². The van der Waals surface area contributed by atoms with Crippen LogP contribution in [0.15, 0.2) is 18.2 Å². The molecule has 0 spiro atoms. The minimum atomic E-state index is -0.987. The maximum absolute atomic E-state index is 10.1. The fourth-order valence-electron chi connectivity index (χ4n) is 2.77. The van der Waals surface area contributed by atoms with Crippen LogP contribution in [0.1, 0.15) is 36.5 Å². The molecule has 0 aliphatic heterocycles. The van der Waals surface area contributed by atoms with Crippen molar-refractivity contribution < 1.29 is 5.11 Å². The number of hydrogen-bond acceptors (Lipinski definition) is 6. The summed E-state index contributed by atoms with van der Waals surface area (Å²) >= 11 is 0. The Morgan fingerprint density at radius 2 is 2.04 bits per heavy atom. The van der Waals surface area contributed by atoms with Crippen LogP contribution in [-0.2, 0) is 12.0 Å². The second-order valence-corrected chi connectivity index (χ2v) is 7.00. The molecule has 0 unspecified atom stereocenters. The normalized spacial score (nSPS) is 11.6. The molecule has 0 radical (unpaired) electrons. The van der Waals surface area contributed by atoms with Crippen LogP contribution in [0.2, 0.25) is 0 Å². The van der Waals surface area contributed by atoms with Gasteiger partial charge in [0.05, 0.1) is 18.0 Å². The molecule has 27 heavy (non-hydrogen) atoms. The number of pyridine rings is 1. The van der Waals surface area contributed by atoms with Gasteiger partial charge in [0.1, 0.15) is 17.2 Å². The minimum Gasteiger partial charge on any atom is -0.392 e. The van der Waals surface area contributed by atoms with E-state index < -0.39 is 5.60 Å². The number of aromatic nitrogens is 4. The highest BCUT2D eigenvalue weighted by Gasteiger charge is 2.19.